The van der Waals surface area contributed by atoms with Crippen molar-refractivity contribution in [1.29, 1.82) is 0 Å². The molecular formula is C21H27ClN4O. The highest BCUT2D eigenvalue weighted by atomic mass is 35.5. The molecule has 0 N–H and O–H groups in total. The van der Waals surface area contributed by atoms with Gasteiger partial charge in [-0.05, 0) is 24.6 Å². The van der Waals surface area contributed by atoms with E-state index in [1.807, 2.05) is 13.0 Å². The van der Waals surface area contributed by atoms with Crippen molar-refractivity contribution in [1.82, 2.24) is 19.5 Å². The van der Waals surface area contributed by atoms with E-state index in [1.54, 1.807) is 16.7 Å². The van der Waals surface area contributed by atoms with Crippen LogP contribution in [0.2, 0.25) is 5.02 Å². The Hall–Kier alpha value is -2.01. The van der Waals surface area contributed by atoms with Crippen molar-refractivity contribution < 1.29 is 4.79 Å². The first-order valence-corrected chi connectivity index (χ1v) is 10.4. The second-order valence-electron chi connectivity index (χ2n) is 6.99. The summed E-state index contributed by atoms with van der Waals surface area (Å²) in [5, 5.41) is 0.612. The van der Waals surface area contributed by atoms with Gasteiger partial charge in [0.15, 0.2) is 11.3 Å². The zero-order chi connectivity index (χ0) is 19.2. The fraction of sp³-hybridized carbons (Fsp3) is 0.524. The van der Waals surface area contributed by atoms with Crippen molar-refractivity contribution in [2.75, 3.05) is 0 Å². The van der Waals surface area contributed by atoms with Gasteiger partial charge in [0.05, 0.1) is 11.0 Å². The molecule has 27 heavy (non-hydrogen) atoms. The molecule has 1 aromatic carbocycles. The number of aromatic nitrogens is 4. The van der Waals surface area contributed by atoms with Crippen LogP contribution in [0, 0.1) is 0 Å². The van der Waals surface area contributed by atoms with Crippen LogP contribution < -0.4 is 0 Å². The normalized spacial score (nSPS) is 11.5. The molecule has 144 valence electrons. The lowest BCUT2D eigenvalue weighted by atomic mass is 10.1. The molecule has 3 aromatic rings. The van der Waals surface area contributed by atoms with Crippen LogP contribution in [0.5, 0.6) is 0 Å². The third kappa shape index (κ3) is 4.64. The molecule has 0 spiro atoms. The van der Waals surface area contributed by atoms with Gasteiger partial charge in [-0.3, -0.25) is 4.79 Å². The Morgan fingerprint density at radius 1 is 0.963 bits per heavy atom. The van der Waals surface area contributed by atoms with Gasteiger partial charge in [-0.1, -0.05) is 64.0 Å². The Kier molecular flexibility index (Phi) is 6.78. The third-order valence-corrected chi connectivity index (χ3v) is 5.09. The van der Waals surface area contributed by atoms with Crippen molar-refractivity contribution >= 4 is 39.8 Å². The van der Waals surface area contributed by atoms with Gasteiger partial charge >= 0.3 is 0 Å². The molecule has 0 saturated heterocycles. The Morgan fingerprint density at radius 3 is 2.44 bits per heavy atom. The number of hydrogen-bond donors (Lipinski definition) is 0. The zero-order valence-corrected chi connectivity index (χ0v) is 16.9. The van der Waals surface area contributed by atoms with E-state index in [-0.39, 0.29) is 5.91 Å². The minimum Gasteiger partial charge on any atom is -0.274 e. The van der Waals surface area contributed by atoms with Crippen LogP contribution in [0.4, 0.5) is 0 Å². The number of hydrogen-bond acceptors (Lipinski definition) is 4. The second-order valence-corrected chi connectivity index (χ2v) is 7.42. The third-order valence-electron chi connectivity index (χ3n) is 4.85. The maximum absolute atomic E-state index is 12.9. The minimum atomic E-state index is 0.0607. The van der Waals surface area contributed by atoms with Crippen LogP contribution in [0.25, 0.3) is 22.3 Å². The Labute approximate surface area is 165 Å². The molecule has 0 aliphatic rings. The number of benzene rings is 1. The standard InChI is InChI=1S/C21H27ClN4O/c1-3-5-6-7-8-9-10-11-19(27)26-18(4-2)25-20-21(26)24-16-13-12-15(22)14-17(16)23-20/h12-14H,3-11H2,1-2H3. The average Bonchev–Trinajstić information content (AvgIpc) is 3.02. The quantitative estimate of drug-likeness (QED) is 0.424. The molecule has 2 heterocycles. The maximum atomic E-state index is 12.9. The van der Waals surface area contributed by atoms with Gasteiger partial charge in [-0.2, -0.15) is 0 Å². The largest absolute Gasteiger partial charge is 0.274 e. The lowest BCUT2D eigenvalue weighted by Gasteiger charge is -2.06. The first kappa shape index (κ1) is 19.7. The monoisotopic (exact) mass is 386 g/mol. The zero-order valence-electron chi connectivity index (χ0n) is 16.2. The van der Waals surface area contributed by atoms with E-state index in [0.29, 0.717) is 34.7 Å². The lowest BCUT2D eigenvalue weighted by molar-refractivity contribution is 0.0900. The van der Waals surface area contributed by atoms with E-state index in [4.69, 9.17) is 11.6 Å². The Bertz CT molecular complexity index is 935. The average molecular weight is 387 g/mol. The molecule has 0 aliphatic heterocycles. The predicted octanol–water partition coefficient (Wildman–Crippen LogP) is 5.98. The molecule has 0 aliphatic carbocycles. The number of carbonyl (C=O) groups excluding carboxylic acids is 1. The Balaban J connectivity index is 1.76. The lowest BCUT2D eigenvalue weighted by Crippen LogP contribution is -2.14. The molecular weight excluding hydrogens is 360 g/mol. The summed E-state index contributed by atoms with van der Waals surface area (Å²) in [4.78, 5) is 26.6. The summed E-state index contributed by atoms with van der Waals surface area (Å²) < 4.78 is 1.66. The maximum Gasteiger partial charge on any atom is 0.233 e. The van der Waals surface area contributed by atoms with Crippen LogP contribution in [0.3, 0.4) is 0 Å². The minimum absolute atomic E-state index is 0.0607. The highest BCUT2D eigenvalue weighted by Crippen LogP contribution is 2.21. The second kappa shape index (κ2) is 9.27. The fourth-order valence-electron chi connectivity index (χ4n) is 3.37. The van der Waals surface area contributed by atoms with E-state index >= 15 is 0 Å². The molecule has 6 heteroatoms. The smallest absolute Gasteiger partial charge is 0.233 e. The van der Waals surface area contributed by atoms with Crippen molar-refractivity contribution in [2.24, 2.45) is 0 Å². The van der Waals surface area contributed by atoms with Crippen molar-refractivity contribution in [3.8, 4) is 0 Å². The highest BCUT2D eigenvalue weighted by Gasteiger charge is 2.18. The molecule has 0 saturated carbocycles. The summed E-state index contributed by atoms with van der Waals surface area (Å²) in [6.07, 6.45) is 9.50. The number of unbranched alkanes of at least 4 members (excludes halogenated alkanes) is 6. The number of nitrogens with zero attached hydrogens (tertiary/aromatic N) is 4. The van der Waals surface area contributed by atoms with Crippen molar-refractivity contribution in [3.05, 3.63) is 29.0 Å². The van der Waals surface area contributed by atoms with Crippen molar-refractivity contribution in [3.63, 3.8) is 0 Å². The highest BCUT2D eigenvalue weighted by molar-refractivity contribution is 6.31. The summed E-state index contributed by atoms with van der Waals surface area (Å²) in [5.74, 6) is 0.782. The summed E-state index contributed by atoms with van der Waals surface area (Å²) in [6.45, 7) is 4.22. The topological polar surface area (TPSA) is 60.7 Å². The molecule has 0 radical (unpaired) electrons. The van der Waals surface area contributed by atoms with Gasteiger partial charge < -0.3 is 0 Å². The van der Waals surface area contributed by atoms with Gasteiger partial charge in [-0.25, -0.2) is 19.5 Å². The number of fused-ring (bicyclic) bond motifs is 2. The summed E-state index contributed by atoms with van der Waals surface area (Å²) in [6, 6.07) is 5.38. The molecule has 0 unspecified atom stereocenters. The van der Waals surface area contributed by atoms with Crippen LogP contribution in [0.15, 0.2) is 18.2 Å². The number of rotatable bonds is 9. The van der Waals surface area contributed by atoms with Crippen molar-refractivity contribution in [2.45, 2.75) is 71.6 Å². The number of aryl methyl sites for hydroxylation is 1. The van der Waals surface area contributed by atoms with E-state index in [0.717, 1.165) is 24.2 Å². The van der Waals surface area contributed by atoms with Gasteiger partial charge in [0.2, 0.25) is 5.91 Å². The molecule has 3 rings (SSSR count). The molecule has 0 amide bonds. The molecule has 0 bridgehead atoms. The predicted molar refractivity (Wildman–Crippen MR) is 110 cm³/mol. The van der Waals surface area contributed by atoms with Gasteiger partial charge in [0.25, 0.3) is 0 Å². The van der Waals surface area contributed by atoms with E-state index in [2.05, 4.69) is 21.9 Å². The van der Waals surface area contributed by atoms with Crippen LogP contribution in [0.1, 0.15) is 75.8 Å². The summed E-state index contributed by atoms with van der Waals surface area (Å²) in [7, 11) is 0. The summed E-state index contributed by atoms with van der Waals surface area (Å²) >= 11 is 6.05. The summed E-state index contributed by atoms with van der Waals surface area (Å²) in [5.41, 5.74) is 2.48. The van der Waals surface area contributed by atoms with Crippen LogP contribution in [-0.2, 0) is 6.42 Å². The fourth-order valence-corrected chi connectivity index (χ4v) is 3.54. The first-order valence-electron chi connectivity index (χ1n) is 10.0. The number of halogens is 1. The van der Waals surface area contributed by atoms with Crippen LogP contribution >= 0.6 is 11.6 Å². The van der Waals surface area contributed by atoms with E-state index < -0.39 is 0 Å². The SMILES string of the molecule is CCCCCCCCCC(=O)n1c(CC)nc2nc3cc(Cl)ccc3nc21. The number of imidazole rings is 1. The van der Waals surface area contributed by atoms with E-state index in [9.17, 15) is 4.79 Å². The Morgan fingerprint density at radius 2 is 1.70 bits per heavy atom. The first-order chi connectivity index (χ1) is 13.1. The van der Waals surface area contributed by atoms with Gasteiger partial charge in [0, 0.05) is 17.9 Å². The van der Waals surface area contributed by atoms with Gasteiger partial charge in [-0.15, -0.1) is 0 Å². The molecule has 0 atom stereocenters. The molecule has 2 aromatic heterocycles. The van der Waals surface area contributed by atoms with Gasteiger partial charge in [0.1, 0.15) is 5.82 Å². The van der Waals surface area contributed by atoms with Crippen LogP contribution in [-0.4, -0.2) is 25.4 Å². The number of carbonyl (C=O) groups is 1. The molecule has 5 nitrogen and oxygen atoms in total. The molecule has 0 fully saturated rings. The van der Waals surface area contributed by atoms with E-state index in [1.165, 1.54) is 32.1 Å².